The zero-order valence-corrected chi connectivity index (χ0v) is 12.3. The number of carboxylic acid groups (broad SMARTS) is 1. The first-order chi connectivity index (χ1) is 9.61. The minimum absolute atomic E-state index is 0.0108. The molecule has 0 amide bonds. The molecule has 116 valence electrons. The number of sulfonamides is 1. The van der Waals surface area contributed by atoms with E-state index in [1.54, 1.807) is 0 Å². The number of anilines is 1. The first-order valence-electron chi connectivity index (χ1n) is 5.89. The summed E-state index contributed by atoms with van der Waals surface area (Å²) in [5, 5.41) is 17.2. The van der Waals surface area contributed by atoms with Crippen molar-refractivity contribution in [1.29, 1.82) is 0 Å². The van der Waals surface area contributed by atoms with Crippen LogP contribution in [-0.2, 0) is 19.9 Å². The number of aromatic hydroxyl groups is 1. The lowest BCUT2D eigenvalue weighted by atomic mass is 10.2. The van der Waals surface area contributed by atoms with Gasteiger partial charge in [0, 0.05) is 6.07 Å². The Morgan fingerprint density at radius 2 is 2.00 bits per heavy atom. The highest BCUT2D eigenvalue weighted by atomic mass is 32.2. The van der Waals surface area contributed by atoms with Crippen LogP contribution in [-0.4, -0.2) is 49.8 Å². The lowest BCUT2D eigenvalue weighted by Crippen LogP contribution is -2.28. The molecule has 0 aromatic heterocycles. The molecule has 21 heavy (non-hydrogen) atoms. The maximum absolute atomic E-state index is 12.0. The molecule has 1 unspecified atom stereocenters. The van der Waals surface area contributed by atoms with Gasteiger partial charge in [-0.1, -0.05) is 0 Å². The van der Waals surface area contributed by atoms with Gasteiger partial charge < -0.3 is 10.2 Å². The van der Waals surface area contributed by atoms with Crippen LogP contribution in [0.5, 0.6) is 5.75 Å². The first-order valence-corrected chi connectivity index (χ1v) is 9.26. The number of benzene rings is 1. The lowest BCUT2D eigenvalue weighted by molar-refractivity contribution is 0.0693. The number of nitrogens with one attached hydrogen (secondary N) is 1. The van der Waals surface area contributed by atoms with Gasteiger partial charge in [0.15, 0.2) is 9.84 Å². The summed E-state index contributed by atoms with van der Waals surface area (Å²) in [6, 6.07) is 3.20. The van der Waals surface area contributed by atoms with E-state index in [9.17, 15) is 26.7 Å². The average molecular weight is 335 g/mol. The van der Waals surface area contributed by atoms with Crippen LogP contribution < -0.4 is 4.72 Å². The number of sulfone groups is 1. The molecule has 1 atom stereocenters. The van der Waals surface area contributed by atoms with Crippen molar-refractivity contribution in [3.63, 3.8) is 0 Å². The largest absolute Gasteiger partial charge is 0.507 e. The van der Waals surface area contributed by atoms with Gasteiger partial charge in [0.25, 0.3) is 0 Å². The van der Waals surface area contributed by atoms with Crippen molar-refractivity contribution in [1.82, 2.24) is 0 Å². The number of carboxylic acids is 1. The molecule has 0 radical (unpaired) electrons. The summed E-state index contributed by atoms with van der Waals surface area (Å²) >= 11 is 0. The predicted molar refractivity (Wildman–Crippen MR) is 74.7 cm³/mol. The van der Waals surface area contributed by atoms with E-state index < -0.39 is 42.6 Å². The van der Waals surface area contributed by atoms with E-state index >= 15 is 0 Å². The first kappa shape index (κ1) is 15.6. The second-order valence-electron chi connectivity index (χ2n) is 4.71. The summed E-state index contributed by atoms with van der Waals surface area (Å²) in [6.45, 7) is 0. The molecule has 0 bridgehead atoms. The van der Waals surface area contributed by atoms with E-state index in [2.05, 4.69) is 4.72 Å². The van der Waals surface area contributed by atoms with Gasteiger partial charge in [-0.2, -0.15) is 0 Å². The van der Waals surface area contributed by atoms with Crippen molar-refractivity contribution in [2.75, 3.05) is 16.2 Å². The maximum Gasteiger partial charge on any atom is 0.339 e. The monoisotopic (exact) mass is 335 g/mol. The Hall–Kier alpha value is -1.81. The van der Waals surface area contributed by atoms with Crippen molar-refractivity contribution in [2.45, 2.75) is 11.7 Å². The van der Waals surface area contributed by atoms with Crippen molar-refractivity contribution in [2.24, 2.45) is 0 Å². The zero-order chi connectivity index (χ0) is 15.8. The molecule has 0 spiro atoms. The SMILES string of the molecule is O=C(O)c1ccc(NS(=O)(=O)C2CCS(=O)(=O)C2)cc1O. The molecule has 1 aliphatic rings. The van der Waals surface area contributed by atoms with Crippen LogP contribution in [0.3, 0.4) is 0 Å². The van der Waals surface area contributed by atoms with E-state index in [0.717, 1.165) is 12.1 Å². The van der Waals surface area contributed by atoms with Crippen molar-refractivity contribution in [3.8, 4) is 5.75 Å². The Kier molecular flexibility index (Phi) is 3.85. The van der Waals surface area contributed by atoms with Crippen molar-refractivity contribution >= 4 is 31.5 Å². The molecule has 1 saturated heterocycles. The van der Waals surface area contributed by atoms with Gasteiger partial charge in [-0.3, -0.25) is 4.72 Å². The summed E-state index contributed by atoms with van der Waals surface area (Å²) in [5.41, 5.74) is -0.386. The molecule has 1 heterocycles. The number of carbonyl (C=O) groups is 1. The summed E-state index contributed by atoms with van der Waals surface area (Å²) < 4.78 is 48.9. The third-order valence-corrected chi connectivity index (χ3v) is 6.90. The molecule has 8 nitrogen and oxygen atoms in total. The second-order valence-corrected chi connectivity index (χ2v) is 8.90. The molecule has 0 aliphatic carbocycles. The topological polar surface area (TPSA) is 138 Å². The Morgan fingerprint density at radius 1 is 1.33 bits per heavy atom. The fraction of sp³-hybridized carbons (Fsp3) is 0.364. The van der Waals surface area contributed by atoms with E-state index in [1.165, 1.54) is 6.07 Å². The number of rotatable bonds is 4. The maximum atomic E-state index is 12.0. The smallest absolute Gasteiger partial charge is 0.339 e. The summed E-state index contributed by atoms with van der Waals surface area (Å²) in [6.07, 6.45) is 0.0108. The van der Waals surface area contributed by atoms with E-state index in [4.69, 9.17) is 5.11 Å². The number of aromatic carboxylic acids is 1. The molecule has 1 aromatic carbocycles. The Balaban J connectivity index is 2.22. The quantitative estimate of drug-likeness (QED) is 0.705. The van der Waals surface area contributed by atoms with Crippen molar-refractivity contribution in [3.05, 3.63) is 23.8 Å². The number of phenols is 1. The van der Waals surface area contributed by atoms with Gasteiger partial charge in [-0.15, -0.1) is 0 Å². The van der Waals surface area contributed by atoms with Gasteiger partial charge in [0.2, 0.25) is 10.0 Å². The van der Waals surface area contributed by atoms with E-state index in [1.807, 2.05) is 0 Å². The third-order valence-electron chi connectivity index (χ3n) is 3.12. The Labute approximate surface area is 121 Å². The predicted octanol–water partition coefficient (Wildman–Crippen LogP) is 0.0192. The van der Waals surface area contributed by atoms with E-state index in [-0.39, 0.29) is 23.4 Å². The fourth-order valence-electron chi connectivity index (χ4n) is 2.03. The molecule has 10 heteroatoms. The normalized spacial score (nSPS) is 21.0. The third kappa shape index (κ3) is 3.45. The molecule has 1 aliphatic heterocycles. The standard InChI is InChI=1S/C11H13NO7S2/c13-10-5-7(1-2-9(10)11(14)15)12-21(18,19)8-3-4-20(16,17)6-8/h1-2,5,8,12-13H,3-4,6H2,(H,14,15). The molecule has 3 N–H and O–H groups in total. The Morgan fingerprint density at radius 3 is 2.48 bits per heavy atom. The molecule has 2 rings (SSSR count). The van der Waals surface area contributed by atoms with Gasteiger partial charge in [-0.25, -0.2) is 21.6 Å². The van der Waals surface area contributed by atoms with Crippen LogP contribution >= 0.6 is 0 Å². The molecule has 1 fully saturated rings. The molecular formula is C11H13NO7S2. The highest BCUT2D eigenvalue weighted by Gasteiger charge is 2.37. The summed E-state index contributed by atoms with van der Waals surface area (Å²) in [5.74, 6) is -2.55. The highest BCUT2D eigenvalue weighted by molar-refractivity contribution is 7.97. The van der Waals surface area contributed by atoms with Crippen LogP contribution in [0.25, 0.3) is 0 Å². The van der Waals surface area contributed by atoms with Crippen LogP contribution in [0.2, 0.25) is 0 Å². The Bertz CT molecular complexity index is 783. The van der Waals surface area contributed by atoms with Crippen molar-refractivity contribution < 1.29 is 31.8 Å². The lowest BCUT2D eigenvalue weighted by Gasteiger charge is -2.13. The van der Waals surface area contributed by atoms with Crippen LogP contribution in [0, 0.1) is 0 Å². The minimum atomic E-state index is -3.92. The van der Waals surface area contributed by atoms with Crippen LogP contribution in [0.4, 0.5) is 5.69 Å². The summed E-state index contributed by atoms with van der Waals surface area (Å²) in [4.78, 5) is 10.7. The zero-order valence-electron chi connectivity index (χ0n) is 10.7. The molecular weight excluding hydrogens is 322 g/mol. The number of hydrogen-bond acceptors (Lipinski definition) is 6. The minimum Gasteiger partial charge on any atom is -0.507 e. The number of hydrogen-bond donors (Lipinski definition) is 3. The van der Waals surface area contributed by atoms with Crippen LogP contribution in [0.1, 0.15) is 16.8 Å². The van der Waals surface area contributed by atoms with Gasteiger partial charge in [-0.05, 0) is 18.6 Å². The van der Waals surface area contributed by atoms with Gasteiger partial charge in [0.1, 0.15) is 11.3 Å². The fourth-order valence-corrected chi connectivity index (χ4v) is 6.11. The summed E-state index contributed by atoms with van der Waals surface area (Å²) in [7, 11) is -7.26. The van der Waals surface area contributed by atoms with Crippen LogP contribution in [0.15, 0.2) is 18.2 Å². The second kappa shape index (κ2) is 5.19. The molecule has 0 saturated carbocycles. The highest BCUT2D eigenvalue weighted by Crippen LogP contribution is 2.25. The molecule has 1 aromatic rings. The average Bonchev–Trinajstić information content (AvgIpc) is 2.69. The van der Waals surface area contributed by atoms with E-state index in [0.29, 0.717) is 0 Å². The van der Waals surface area contributed by atoms with Gasteiger partial charge >= 0.3 is 5.97 Å². The van der Waals surface area contributed by atoms with Gasteiger partial charge in [0.05, 0.1) is 22.4 Å².